The van der Waals surface area contributed by atoms with E-state index in [1.165, 1.54) is 11.1 Å². The monoisotopic (exact) mass is 287 g/mol. The second-order valence-electron chi connectivity index (χ2n) is 5.50. The van der Waals surface area contributed by atoms with E-state index in [0.717, 1.165) is 18.1 Å². The van der Waals surface area contributed by atoms with Gasteiger partial charge in [0.15, 0.2) is 0 Å². The van der Waals surface area contributed by atoms with Crippen LogP contribution in [0.25, 0.3) is 0 Å². The summed E-state index contributed by atoms with van der Waals surface area (Å²) in [7, 11) is 0. The second-order valence-corrected chi connectivity index (χ2v) is 6.40. The molecule has 0 atom stereocenters. The minimum atomic E-state index is -0.456. The molecular formula is C15H17N3OS. The molecule has 0 saturated heterocycles. The molecular weight excluding hydrogens is 270 g/mol. The summed E-state index contributed by atoms with van der Waals surface area (Å²) in [5.41, 5.74) is 2.74. The Morgan fingerprint density at radius 2 is 2.15 bits per heavy atom. The molecule has 1 aliphatic heterocycles. The highest BCUT2D eigenvalue weighted by Crippen LogP contribution is 2.23. The van der Waals surface area contributed by atoms with Gasteiger partial charge in [-0.3, -0.25) is 4.79 Å². The summed E-state index contributed by atoms with van der Waals surface area (Å²) in [5.74, 6) is -0.0556. The number of rotatable bonds is 3. The van der Waals surface area contributed by atoms with Crippen molar-refractivity contribution in [3.8, 4) is 0 Å². The first-order valence-corrected chi connectivity index (χ1v) is 7.49. The fourth-order valence-corrected chi connectivity index (χ4v) is 3.10. The van der Waals surface area contributed by atoms with E-state index in [4.69, 9.17) is 0 Å². The van der Waals surface area contributed by atoms with Crippen molar-refractivity contribution in [2.75, 3.05) is 0 Å². The second kappa shape index (κ2) is 5.00. The maximum atomic E-state index is 12.4. The molecule has 0 saturated carbocycles. The van der Waals surface area contributed by atoms with Crippen LogP contribution in [0.1, 0.15) is 40.3 Å². The van der Waals surface area contributed by atoms with Crippen LogP contribution in [0.5, 0.6) is 0 Å². The van der Waals surface area contributed by atoms with Crippen LogP contribution < -0.4 is 10.6 Å². The smallest absolute Gasteiger partial charge is 0.252 e. The Bertz CT molecular complexity index is 635. The molecule has 0 unspecified atom stereocenters. The molecule has 1 aromatic carbocycles. The molecule has 0 aliphatic carbocycles. The van der Waals surface area contributed by atoms with Gasteiger partial charge in [0.2, 0.25) is 0 Å². The van der Waals surface area contributed by atoms with Gasteiger partial charge in [-0.25, -0.2) is 4.98 Å². The van der Waals surface area contributed by atoms with Crippen molar-refractivity contribution in [2.45, 2.75) is 32.5 Å². The molecule has 1 aromatic heterocycles. The molecule has 20 heavy (non-hydrogen) atoms. The van der Waals surface area contributed by atoms with Crippen LogP contribution in [0.3, 0.4) is 0 Å². The fraction of sp³-hybridized carbons (Fsp3) is 0.333. The minimum absolute atomic E-state index is 0.0556. The normalized spacial score (nSPS) is 14.1. The van der Waals surface area contributed by atoms with Crippen LogP contribution in [0.2, 0.25) is 0 Å². The number of hydrogen-bond acceptors (Lipinski definition) is 4. The Labute approximate surface area is 122 Å². The van der Waals surface area contributed by atoms with E-state index in [2.05, 4.69) is 15.6 Å². The number of nitrogens with zero attached hydrogens (tertiary/aromatic N) is 1. The Morgan fingerprint density at radius 3 is 2.90 bits per heavy atom. The van der Waals surface area contributed by atoms with Crippen molar-refractivity contribution in [3.05, 3.63) is 51.5 Å². The average Bonchev–Trinajstić information content (AvgIpc) is 3.09. The van der Waals surface area contributed by atoms with Crippen molar-refractivity contribution in [3.63, 3.8) is 0 Å². The lowest BCUT2D eigenvalue weighted by Crippen LogP contribution is -2.40. The summed E-state index contributed by atoms with van der Waals surface area (Å²) in [4.78, 5) is 16.7. The number of nitrogens with one attached hydrogen (secondary N) is 2. The highest BCUT2D eigenvalue weighted by molar-refractivity contribution is 7.09. The van der Waals surface area contributed by atoms with E-state index >= 15 is 0 Å². The Balaban J connectivity index is 1.80. The molecule has 1 amide bonds. The van der Waals surface area contributed by atoms with E-state index < -0.39 is 5.54 Å². The van der Waals surface area contributed by atoms with Crippen LogP contribution >= 0.6 is 11.3 Å². The zero-order valence-corrected chi connectivity index (χ0v) is 12.4. The van der Waals surface area contributed by atoms with Gasteiger partial charge >= 0.3 is 0 Å². The number of hydrogen-bond donors (Lipinski definition) is 2. The molecule has 4 nitrogen and oxygen atoms in total. The first-order valence-electron chi connectivity index (χ1n) is 6.61. The van der Waals surface area contributed by atoms with Gasteiger partial charge in [-0.1, -0.05) is 6.07 Å². The number of carbonyl (C=O) groups excluding carboxylic acids is 1. The van der Waals surface area contributed by atoms with Crippen LogP contribution in [-0.2, 0) is 18.6 Å². The number of thiazole rings is 1. The summed E-state index contributed by atoms with van der Waals surface area (Å²) in [6, 6.07) is 5.89. The maximum Gasteiger partial charge on any atom is 0.252 e. The third-order valence-electron chi connectivity index (χ3n) is 3.49. The van der Waals surface area contributed by atoms with E-state index in [1.54, 1.807) is 17.5 Å². The summed E-state index contributed by atoms with van der Waals surface area (Å²) >= 11 is 1.55. The van der Waals surface area contributed by atoms with Crippen LogP contribution in [0, 0.1) is 0 Å². The lowest BCUT2D eigenvalue weighted by atomic mass is 10.0. The Morgan fingerprint density at radius 1 is 1.35 bits per heavy atom. The molecule has 2 aromatic rings. The van der Waals surface area contributed by atoms with E-state index in [9.17, 15) is 4.79 Å². The van der Waals surface area contributed by atoms with Crippen molar-refractivity contribution >= 4 is 17.2 Å². The highest BCUT2D eigenvalue weighted by atomic mass is 32.1. The highest BCUT2D eigenvalue weighted by Gasteiger charge is 2.26. The van der Waals surface area contributed by atoms with Gasteiger partial charge in [-0.05, 0) is 37.1 Å². The number of aromatic nitrogens is 1. The van der Waals surface area contributed by atoms with Gasteiger partial charge in [-0.15, -0.1) is 11.3 Å². The quantitative estimate of drug-likeness (QED) is 0.911. The standard InChI is InChI=1S/C15H17N3OS/c1-15(2,14-17-5-6-20-14)18-13(19)10-3-4-11-8-16-9-12(11)7-10/h3-7,16H,8-9H2,1-2H3,(H,18,19). The number of benzene rings is 1. The molecule has 104 valence electrons. The van der Waals surface area contributed by atoms with Gasteiger partial charge in [0.05, 0.1) is 5.54 Å². The predicted molar refractivity (Wildman–Crippen MR) is 79.6 cm³/mol. The van der Waals surface area contributed by atoms with Crippen molar-refractivity contribution in [1.82, 2.24) is 15.6 Å². The third-order valence-corrected chi connectivity index (χ3v) is 4.59. The third kappa shape index (κ3) is 2.46. The van der Waals surface area contributed by atoms with Crippen LogP contribution in [0.4, 0.5) is 0 Å². The van der Waals surface area contributed by atoms with Crippen molar-refractivity contribution < 1.29 is 4.79 Å². The lowest BCUT2D eigenvalue weighted by molar-refractivity contribution is 0.0912. The summed E-state index contributed by atoms with van der Waals surface area (Å²) < 4.78 is 0. The number of fused-ring (bicyclic) bond motifs is 1. The molecule has 0 spiro atoms. The average molecular weight is 287 g/mol. The van der Waals surface area contributed by atoms with E-state index in [1.807, 2.05) is 37.4 Å². The molecule has 0 radical (unpaired) electrons. The lowest BCUT2D eigenvalue weighted by Gasteiger charge is -2.24. The van der Waals surface area contributed by atoms with Gasteiger partial charge in [-0.2, -0.15) is 0 Å². The van der Waals surface area contributed by atoms with Crippen molar-refractivity contribution in [2.24, 2.45) is 0 Å². The molecule has 2 N–H and O–H groups in total. The zero-order valence-electron chi connectivity index (χ0n) is 11.6. The SMILES string of the molecule is CC(C)(NC(=O)c1ccc2c(c1)CNC2)c1nccs1. The van der Waals surface area contributed by atoms with Crippen LogP contribution in [-0.4, -0.2) is 10.9 Å². The molecule has 3 rings (SSSR count). The predicted octanol–water partition coefficient (Wildman–Crippen LogP) is 2.41. The summed E-state index contributed by atoms with van der Waals surface area (Å²) in [5, 5.41) is 9.17. The van der Waals surface area contributed by atoms with E-state index in [-0.39, 0.29) is 5.91 Å². The Kier molecular flexibility index (Phi) is 3.31. The zero-order chi connectivity index (χ0) is 14.2. The molecule has 0 bridgehead atoms. The van der Waals surface area contributed by atoms with Crippen molar-refractivity contribution in [1.29, 1.82) is 0 Å². The number of carbonyl (C=O) groups is 1. The Hall–Kier alpha value is -1.72. The maximum absolute atomic E-state index is 12.4. The topological polar surface area (TPSA) is 54.0 Å². The van der Waals surface area contributed by atoms with Crippen LogP contribution in [0.15, 0.2) is 29.8 Å². The molecule has 2 heterocycles. The first kappa shape index (κ1) is 13.3. The van der Waals surface area contributed by atoms with Gasteiger partial charge in [0.1, 0.15) is 5.01 Å². The van der Waals surface area contributed by atoms with E-state index in [0.29, 0.717) is 5.56 Å². The van der Waals surface area contributed by atoms with Gasteiger partial charge in [0, 0.05) is 30.2 Å². The minimum Gasteiger partial charge on any atom is -0.341 e. The molecule has 0 fully saturated rings. The first-order chi connectivity index (χ1) is 9.56. The summed E-state index contributed by atoms with van der Waals surface area (Å²) in [6.07, 6.45) is 1.76. The van der Waals surface area contributed by atoms with Gasteiger partial charge < -0.3 is 10.6 Å². The number of amides is 1. The molecule has 1 aliphatic rings. The van der Waals surface area contributed by atoms with Gasteiger partial charge in [0.25, 0.3) is 5.91 Å². The summed E-state index contributed by atoms with van der Waals surface area (Å²) in [6.45, 7) is 5.67. The fourth-order valence-electron chi connectivity index (χ4n) is 2.38. The molecule has 5 heteroatoms. The largest absolute Gasteiger partial charge is 0.341 e.